The number of methoxy groups -OCH3 is 1. The van der Waals surface area contributed by atoms with Crippen molar-refractivity contribution in [2.45, 2.75) is 39.7 Å². The van der Waals surface area contributed by atoms with E-state index in [9.17, 15) is 4.79 Å². The minimum Gasteiger partial charge on any atom is -0.469 e. The smallest absolute Gasteiger partial charge is 0.310 e. The van der Waals surface area contributed by atoms with Crippen molar-refractivity contribution in [2.24, 2.45) is 0 Å². The Labute approximate surface area is 253 Å². The van der Waals surface area contributed by atoms with Gasteiger partial charge in [-0.1, -0.05) is 29.8 Å². The molecule has 0 saturated heterocycles. The van der Waals surface area contributed by atoms with Gasteiger partial charge in [-0.25, -0.2) is 4.98 Å². The van der Waals surface area contributed by atoms with E-state index >= 15 is 0 Å². The minimum absolute atomic E-state index is 0.180. The van der Waals surface area contributed by atoms with E-state index in [4.69, 9.17) is 26.4 Å². The number of carbonyl (C=O) groups is 1. The molecule has 0 fully saturated rings. The number of hydrogen-bond acceptors (Lipinski definition) is 7. The number of hydrogen-bond donors (Lipinski definition) is 2. The second-order valence-electron chi connectivity index (χ2n) is 10.9. The van der Waals surface area contributed by atoms with Gasteiger partial charge in [0.05, 0.1) is 46.8 Å². The minimum atomic E-state index is -0.500. The number of fused-ring (bicyclic) bond motifs is 2. The van der Waals surface area contributed by atoms with Crippen LogP contribution in [0.4, 0.5) is 0 Å². The number of aryl methyl sites for hydroxylation is 1. The number of nitrogens with zero attached hydrogens (tertiary/aromatic N) is 3. The molecule has 3 heterocycles. The third-order valence-corrected chi connectivity index (χ3v) is 7.83. The zero-order valence-electron chi connectivity index (χ0n) is 24.0. The first-order valence-corrected chi connectivity index (χ1v) is 14.6. The molecule has 2 N–H and O–H groups in total. The van der Waals surface area contributed by atoms with Gasteiger partial charge in [0.1, 0.15) is 5.01 Å². The van der Waals surface area contributed by atoms with Crippen molar-refractivity contribution in [3.63, 3.8) is 0 Å². The molecular weight excluding hydrogens is 568 g/mol. The predicted octanol–water partition coefficient (Wildman–Crippen LogP) is 8.02. The van der Waals surface area contributed by atoms with Crippen LogP contribution in [-0.2, 0) is 16.0 Å². The number of esters is 1. The fourth-order valence-electron chi connectivity index (χ4n) is 4.55. The summed E-state index contributed by atoms with van der Waals surface area (Å²) in [6, 6.07) is 19.9. The van der Waals surface area contributed by atoms with E-state index in [1.165, 1.54) is 7.11 Å². The van der Waals surface area contributed by atoms with Crippen LogP contribution in [0.5, 0.6) is 0 Å². The molecule has 0 aliphatic rings. The number of aromatic nitrogens is 4. The van der Waals surface area contributed by atoms with E-state index < -0.39 is 5.60 Å². The first kappa shape index (κ1) is 29.4. The molecule has 9 heteroatoms. The molecular formula is C33H31ClN4O3S. The summed E-state index contributed by atoms with van der Waals surface area (Å²) in [6.45, 7) is 7.24. The van der Waals surface area contributed by atoms with E-state index in [1.54, 1.807) is 32.1 Å². The third-order valence-electron chi connectivity index (χ3n) is 6.44. The van der Waals surface area contributed by atoms with Crippen LogP contribution >= 0.6 is 22.9 Å². The molecule has 214 valence electrons. The summed E-state index contributed by atoms with van der Waals surface area (Å²) in [6.07, 6.45) is 3.80. The number of pyridine rings is 1. The molecule has 0 aliphatic heterocycles. The van der Waals surface area contributed by atoms with E-state index in [-0.39, 0.29) is 12.4 Å². The lowest BCUT2D eigenvalue weighted by molar-refractivity contribution is -0.139. The summed E-state index contributed by atoms with van der Waals surface area (Å²) in [5.74, 6) is -0.282. The van der Waals surface area contributed by atoms with Gasteiger partial charge in [-0.3, -0.25) is 14.9 Å². The Kier molecular flexibility index (Phi) is 8.41. The quantitative estimate of drug-likeness (QED) is 0.195. The first-order valence-electron chi connectivity index (χ1n) is 13.4. The molecule has 0 atom stereocenters. The summed E-state index contributed by atoms with van der Waals surface area (Å²) < 4.78 is 6.01. The molecule has 3 aromatic heterocycles. The zero-order chi connectivity index (χ0) is 30.0. The maximum atomic E-state index is 12.3. The van der Waals surface area contributed by atoms with Crippen LogP contribution in [0.3, 0.4) is 0 Å². The molecule has 3 aromatic carbocycles. The van der Waals surface area contributed by atoms with Crippen LogP contribution < -0.4 is 0 Å². The van der Waals surface area contributed by atoms with Gasteiger partial charge in [-0.2, -0.15) is 5.10 Å². The van der Waals surface area contributed by atoms with Crippen LogP contribution in [-0.4, -0.2) is 44.0 Å². The van der Waals surface area contributed by atoms with E-state index in [0.29, 0.717) is 5.02 Å². The van der Waals surface area contributed by atoms with Crippen molar-refractivity contribution in [2.75, 3.05) is 7.11 Å². The van der Waals surface area contributed by atoms with Crippen molar-refractivity contribution in [1.82, 2.24) is 20.2 Å². The Morgan fingerprint density at radius 1 is 1.02 bits per heavy atom. The fraction of sp³-hybridized carbons (Fsp3) is 0.212. The number of ether oxygens (including phenoxy) is 1. The maximum Gasteiger partial charge on any atom is 0.310 e. The number of halogens is 1. The summed E-state index contributed by atoms with van der Waals surface area (Å²) >= 11 is 7.78. The average molecular weight is 599 g/mol. The summed E-state index contributed by atoms with van der Waals surface area (Å²) in [4.78, 5) is 21.9. The number of carbonyl (C=O) groups excluding carboxylic acids is 1. The summed E-state index contributed by atoms with van der Waals surface area (Å²) in [5.41, 5.74) is 8.11. The highest BCUT2D eigenvalue weighted by atomic mass is 35.5. The number of aromatic amines is 1. The summed E-state index contributed by atoms with van der Waals surface area (Å²) in [7, 11) is 1.41. The second-order valence-corrected chi connectivity index (χ2v) is 12.4. The summed E-state index contributed by atoms with van der Waals surface area (Å²) in [5, 5.41) is 18.2. The Morgan fingerprint density at radius 3 is 2.45 bits per heavy atom. The Bertz CT molecular complexity index is 1880. The van der Waals surface area contributed by atoms with Crippen LogP contribution in [0.25, 0.3) is 54.1 Å². The number of thiazole rings is 1. The Morgan fingerprint density at radius 2 is 1.74 bits per heavy atom. The highest BCUT2D eigenvalue weighted by molar-refractivity contribution is 7.22. The highest BCUT2D eigenvalue weighted by Gasteiger charge is 2.20. The molecule has 0 aliphatic carbocycles. The fourth-order valence-corrected chi connectivity index (χ4v) is 5.81. The van der Waals surface area contributed by atoms with Crippen molar-refractivity contribution < 1.29 is 14.6 Å². The lowest BCUT2D eigenvalue weighted by atomic mass is 9.93. The standard InChI is InChI=1S/C29H21ClN4O2S.C4H10O/c1-16-11-25-28(27(22(16)14-26(35)36-2)17-3-6-21(30)7-4-17)37-29(33-25)19-9-10-31-24(13-19)18-5-8-23-20(12-18)15-32-34-23;1-4(2,3)5/h3-13,15H,14H2,1-2H3,(H,32,34);5H,1-3H3. The maximum absolute atomic E-state index is 12.3. The monoisotopic (exact) mass is 598 g/mol. The largest absolute Gasteiger partial charge is 0.469 e. The van der Waals surface area contributed by atoms with Crippen LogP contribution in [0.15, 0.2) is 73.1 Å². The molecule has 0 unspecified atom stereocenters. The van der Waals surface area contributed by atoms with Gasteiger partial charge in [-0.15, -0.1) is 11.3 Å². The average Bonchev–Trinajstić information content (AvgIpc) is 3.60. The number of H-pyrrole nitrogens is 1. The number of nitrogens with one attached hydrogen (secondary N) is 1. The van der Waals surface area contributed by atoms with Gasteiger partial charge in [0.2, 0.25) is 0 Å². The highest BCUT2D eigenvalue weighted by Crippen LogP contribution is 2.41. The lowest BCUT2D eigenvalue weighted by Gasteiger charge is -2.13. The lowest BCUT2D eigenvalue weighted by Crippen LogP contribution is -2.10. The SMILES string of the molecule is CC(C)(C)O.COC(=O)Cc1c(C)cc2nc(-c3ccnc(-c4ccc5[nH]ncc5c4)c3)sc2c1-c1ccc(Cl)cc1. The topological polar surface area (TPSA) is 101 Å². The Balaban J connectivity index is 0.000000652. The van der Waals surface area contributed by atoms with Crippen LogP contribution in [0.2, 0.25) is 5.02 Å². The van der Waals surface area contributed by atoms with E-state index in [0.717, 1.165) is 65.2 Å². The normalized spacial score (nSPS) is 11.4. The predicted molar refractivity (Wildman–Crippen MR) is 171 cm³/mol. The van der Waals surface area contributed by atoms with Crippen molar-refractivity contribution in [1.29, 1.82) is 0 Å². The van der Waals surface area contributed by atoms with Crippen LogP contribution in [0.1, 0.15) is 31.9 Å². The second kappa shape index (κ2) is 12.0. The van der Waals surface area contributed by atoms with Crippen LogP contribution in [0, 0.1) is 6.92 Å². The van der Waals surface area contributed by atoms with Gasteiger partial charge in [0.15, 0.2) is 0 Å². The Hall–Kier alpha value is -4.11. The van der Waals surface area contributed by atoms with E-state index in [1.807, 2.05) is 67.8 Å². The number of benzene rings is 3. The van der Waals surface area contributed by atoms with Gasteiger partial charge < -0.3 is 9.84 Å². The third kappa shape index (κ3) is 6.68. The van der Waals surface area contributed by atoms with Crippen molar-refractivity contribution >= 4 is 50.0 Å². The molecule has 7 nitrogen and oxygen atoms in total. The van der Waals surface area contributed by atoms with Gasteiger partial charge in [0.25, 0.3) is 0 Å². The molecule has 0 bridgehead atoms. The molecule has 0 radical (unpaired) electrons. The molecule has 6 aromatic rings. The molecule has 0 amide bonds. The van der Waals surface area contributed by atoms with Gasteiger partial charge in [-0.05, 0) is 86.8 Å². The van der Waals surface area contributed by atoms with Crippen molar-refractivity contribution in [3.8, 4) is 33.0 Å². The molecule has 42 heavy (non-hydrogen) atoms. The van der Waals surface area contributed by atoms with Gasteiger partial charge in [0, 0.05) is 33.3 Å². The molecule has 6 rings (SSSR count). The number of aliphatic hydroxyl groups is 1. The number of rotatable bonds is 5. The van der Waals surface area contributed by atoms with Crippen molar-refractivity contribution in [3.05, 3.63) is 89.2 Å². The first-order chi connectivity index (χ1) is 20.0. The van der Waals surface area contributed by atoms with E-state index in [2.05, 4.69) is 27.3 Å². The zero-order valence-corrected chi connectivity index (χ0v) is 25.6. The molecule has 0 saturated carbocycles. The van der Waals surface area contributed by atoms with Gasteiger partial charge >= 0.3 is 5.97 Å². The molecule has 0 spiro atoms.